The number of hydrogen-bond acceptors (Lipinski definition) is 6. The van der Waals surface area contributed by atoms with Gasteiger partial charge in [0.1, 0.15) is 18.7 Å². The molecule has 0 aliphatic carbocycles. The van der Waals surface area contributed by atoms with Crippen LogP contribution in [0.5, 0.6) is 0 Å². The summed E-state index contributed by atoms with van der Waals surface area (Å²) in [7, 11) is -2.21. The number of hydrogen-bond donors (Lipinski definition) is 2. The molecular weight excluding hydrogens is 635 g/mol. The molecule has 0 radical (unpaired) electrons. The van der Waals surface area contributed by atoms with E-state index in [1.165, 1.54) is 0 Å². The Morgan fingerprint density at radius 1 is 0.918 bits per heavy atom. The highest BCUT2D eigenvalue weighted by molar-refractivity contribution is 6.74. The first-order chi connectivity index (χ1) is 23.3. The number of carbonyl (C=O) groups excluding carboxylic acids is 4. The second kappa shape index (κ2) is 15.5. The van der Waals surface area contributed by atoms with Crippen LogP contribution < -0.4 is 10.6 Å². The Balaban J connectivity index is 1.29. The van der Waals surface area contributed by atoms with Gasteiger partial charge in [-0.2, -0.15) is 0 Å². The topological polar surface area (TPSA) is 114 Å². The fourth-order valence-electron chi connectivity index (χ4n) is 6.14. The highest BCUT2D eigenvalue weighted by atomic mass is 28.4. The summed E-state index contributed by atoms with van der Waals surface area (Å²) in [5.41, 5.74) is 1.34. The van der Waals surface area contributed by atoms with Gasteiger partial charge in [-0.25, -0.2) is 0 Å². The van der Waals surface area contributed by atoms with Crippen molar-refractivity contribution >= 4 is 42.8 Å². The van der Waals surface area contributed by atoms with E-state index in [0.29, 0.717) is 31.2 Å². The number of nitrogens with one attached hydrogen (secondary N) is 2. The van der Waals surface area contributed by atoms with Crippen molar-refractivity contribution in [3.05, 3.63) is 96.1 Å². The molecule has 5 rings (SSSR count). The molecule has 2 heterocycles. The maximum atomic E-state index is 14.1. The quantitative estimate of drug-likeness (QED) is 0.140. The van der Waals surface area contributed by atoms with Crippen LogP contribution in [0.2, 0.25) is 18.1 Å². The van der Waals surface area contributed by atoms with Gasteiger partial charge in [0.05, 0.1) is 19.1 Å². The van der Waals surface area contributed by atoms with Crippen LogP contribution in [-0.4, -0.2) is 67.7 Å². The van der Waals surface area contributed by atoms with Crippen molar-refractivity contribution in [1.29, 1.82) is 0 Å². The predicted octanol–water partition coefficient (Wildman–Crippen LogP) is 6.29. The van der Waals surface area contributed by atoms with Gasteiger partial charge in [-0.1, -0.05) is 93.6 Å². The first-order valence-electron chi connectivity index (χ1n) is 17.2. The first kappa shape index (κ1) is 36.0. The zero-order valence-electron chi connectivity index (χ0n) is 29.2. The minimum absolute atomic E-state index is 0.0646. The Kier molecular flexibility index (Phi) is 11.4. The van der Waals surface area contributed by atoms with Crippen molar-refractivity contribution in [3.8, 4) is 0 Å². The number of benzene rings is 3. The van der Waals surface area contributed by atoms with Crippen LogP contribution in [0, 0.1) is 0 Å². The van der Waals surface area contributed by atoms with Crippen LogP contribution in [0.3, 0.4) is 0 Å². The molecular formula is C39H49N3O6Si. The Morgan fingerprint density at radius 2 is 1.61 bits per heavy atom. The van der Waals surface area contributed by atoms with E-state index in [4.69, 9.17) is 9.16 Å². The van der Waals surface area contributed by atoms with E-state index < -0.39 is 32.4 Å². The maximum Gasteiger partial charge on any atom is 0.308 e. The van der Waals surface area contributed by atoms with E-state index >= 15 is 0 Å². The molecule has 9 nitrogen and oxygen atoms in total. The molecule has 0 bridgehead atoms. The van der Waals surface area contributed by atoms with Gasteiger partial charge in [-0.3, -0.25) is 19.2 Å². The molecule has 10 heteroatoms. The van der Waals surface area contributed by atoms with Crippen LogP contribution in [0.25, 0.3) is 10.8 Å². The summed E-state index contributed by atoms with van der Waals surface area (Å²) in [4.78, 5) is 56.2. The molecule has 2 aliphatic rings. The average molecular weight is 684 g/mol. The third-order valence-corrected chi connectivity index (χ3v) is 14.6. The molecule has 0 saturated carbocycles. The van der Waals surface area contributed by atoms with Crippen LogP contribution in [0.1, 0.15) is 68.8 Å². The SMILES string of the molecule is CC(C)(C)[Si](C)(C)OCC(CC(=O)OCc1ccccc1)NC(=O)C1CCC2CC=CCC(NC(=O)c3ccc4ccccc4c3)C(=O)N21. The summed E-state index contributed by atoms with van der Waals surface area (Å²) >= 11 is 0. The molecule has 260 valence electrons. The van der Waals surface area contributed by atoms with E-state index in [0.717, 1.165) is 16.3 Å². The molecule has 3 aromatic carbocycles. The molecule has 49 heavy (non-hydrogen) atoms. The molecule has 1 saturated heterocycles. The fraction of sp³-hybridized carbons (Fsp3) is 0.436. The molecule has 0 aromatic heterocycles. The van der Waals surface area contributed by atoms with E-state index in [2.05, 4.69) is 44.5 Å². The Hall–Kier alpha value is -4.28. The molecule has 2 aliphatic heterocycles. The summed E-state index contributed by atoms with van der Waals surface area (Å²) in [6, 6.07) is 20.3. The molecule has 2 N–H and O–H groups in total. The number of fused-ring (bicyclic) bond motifs is 2. The zero-order valence-corrected chi connectivity index (χ0v) is 30.2. The van der Waals surface area contributed by atoms with Crippen molar-refractivity contribution < 1.29 is 28.3 Å². The number of rotatable bonds is 11. The van der Waals surface area contributed by atoms with E-state index in [1.54, 1.807) is 11.0 Å². The Morgan fingerprint density at radius 3 is 2.35 bits per heavy atom. The molecule has 3 amide bonds. The number of ether oxygens (including phenoxy) is 1. The fourth-order valence-corrected chi connectivity index (χ4v) is 7.19. The monoisotopic (exact) mass is 683 g/mol. The predicted molar refractivity (Wildman–Crippen MR) is 193 cm³/mol. The second-order valence-corrected chi connectivity index (χ2v) is 19.5. The summed E-state index contributed by atoms with van der Waals surface area (Å²) in [6.45, 7) is 10.9. The normalized spacial score (nSPS) is 20.2. The lowest BCUT2D eigenvalue weighted by Gasteiger charge is -2.38. The van der Waals surface area contributed by atoms with Gasteiger partial charge in [0.2, 0.25) is 11.8 Å². The van der Waals surface area contributed by atoms with Crippen LogP contribution >= 0.6 is 0 Å². The van der Waals surface area contributed by atoms with Gasteiger partial charge >= 0.3 is 5.97 Å². The molecule has 3 aromatic rings. The van der Waals surface area contributed by atoms with Crippen molar-refractivity contribution in [3.63, 3.8) is 0 Å². The van der Waals surface area contributed by atoms with E-state index in [-0.39, 0.29) is 48.4 Å². The molecule has 1 fully saturated rings. The number of amides is 3. The van der Waals surface area contributed by atoms with Gasteiger partial charge in [-0.05, 0) is 72.3 Å². The average Bonchev–Trinajstić information content (AvgIpc) is 3.49. The third-order valence-electron chi connectivity index (χ3n) is 10.1. The summed E-state index contributed by atoms with van der Waals surface area (Å²) in [5.74, 6) is -1.40. The zero-order chi connectivity index (χ0) is 35.2. The highest BCUT2D eigenvalue weighted by Gasteiger charge is 2.44. The number of nitrogens with zero attached hydrogens (tertiary/aromatic N) is 1. The smallest absolute Gasteiger partial charge is 0.308 e. The lowest BCUT2D eigenvalue weighted by Crippen LogP contribution is -2.57. The first-order valence-corrected chi connectivity index (χ1v) is 20.1. The summed E-state index contributed by atoms with van der Waals surface area (Å²) in [6.07, 6.45) is 5.99. The van der Waals surface area contributed by atoms with Gasteiger partial charge in [0.15, 0.2) is 8.32 Å². The third kappa shape index (κ3) is 9.04. The van der Waals surface area contributed by atoms with Crippen molar-refractivity contribution in [2.45, 2.75) is 102 Å². The van der Waals surface area contributed by atoms with Gasteiger partial charge in [0, 0.05) is 11.6 Å². The number of carbonyl (C=O) groups is 4. The van der Waals surface area contributed by atoms with E-state index in [1.807, 2.05) is 78.9 Å². The van der Waals surface area contributed by atoms with Crippen LogP contribution in [-0.2, 0) is 30.2 Å². The van der Waals surface area contributed by atoms with Gasteiger partial charge < -0.3 is 24.7 Å². The number of esters is 1. The Labute approximate surface area is 290 Å². The highest BCUT2D eigenvalue weighted by Crippen LogP contribution is 2.37. The maximum absolute atomic E-state index is 14.1. The summed E-state index contributed by atoms with van der Waals surface area (Å²) in [5, 5.41) is 7.90. The lowest BCUT2D eigenvalue weighted by atomic mass is 10.0. The van der Waals surface area contributed by atoms with E-state index in [9.17, 15) is 19.2 Å². The van der Waals surface area contributed by atoms with Crippen molar-refractivity contribution in [1.82, 2.24) is 15.5 Å². The standard InChI is InChI=1S/C39H49N3O6Si/c1-39(2,3)49(4,5)48-26-31(24-35(43)47-25-27-13-7-6-8-14-27)40-37(45)34-22-21-32-17-11-12-18-33(38(46)42(32)34)41-36(44)30-20-19-28-15-9-10-16-29(28)23-30/h6-16,19-20,23,31-34H,17-18,21-22,24-26H2,1-5H3,(H,40,45)(H,41,44). The van der Waals surface area contributed by atoms with Gasteiger partial charge in [-0.15, -0.1) is 0 Å². The van der Waals surface area contributed by atoms with Crippen molar-refractivity contribution in [2.24, 2.45) is 0 Å². The summed E-state index contributed by atoms with van der Waals surface area (Å²) < 4.78 is 12.0. The molecule has 0 spiro atoms. The van der Waals surface area contributed by atoms with Crippen LogP contribution in [0.15, 0.2) is 84.9 Å². The van der Waals surface area contributed by atoms with Crippen LogP contribution in [0.4, 0.5) is 0 Å². The molecule has 4 atom stereocenters. The minimum Gasteiger partial charge on any atom is -0.461 e. The Bertz CT molecular complexity index is 1680. The lowest BCUT2D eigenvalue weighted by molar-refractivity contribution is -0.146. The second-order valence-electron chi connectivity index (χ2n) is 14.7. The molecule has 4 unspecified atom stereocenters. The minimum atomic E-state index is -2.21. The van der Waals surface area contributed by atoms with Crippen molar-refractivity contribution in [2.75, 3.05) is 6.61 Å². The largest absolute Gasteiger partial charge is 0.461 e. The van der Waals surface area contributed by atoms with Gasteiger partial charge in [0.25, 0.3) is 5.91 Å².